The summed E-state index contributed by atoms with van der Waals surface area (Å²) in [7, 11) is 0. The molecule has 1 aliphatic rings. The van der Waals surface area contributed by atoms with Crippen LogP contribution in [0.4, 0.5) is 4.79 Å². The van der Waals surface area contributed by atoms with E-state index < -0.39 is 29.3 Å². The Kier molecular flexibility index (Phi) is 5.25. The van der Waals surface area contributed by atoms with E-state index >= 15 is 0 Å². The maximum absolute atomic E-state index is 12.4. The highest BCUT2D eigenvalue weighted by atomic mass is 16.6. The number of likely N-dealkylation sites (tertiary alicyclic amines) is 1. The lowest BCUT2D eigenvalue weighted by Gasteiger charge is -2.28. The Morgan fingerprint density at radius 1 is 1.09 bits per heavy atom. The molecule has 0 aliphatic carbocycles. The summed E-state index contributed by atoms with van der Waals surface area (Å²) in [6.45, 7) is 12.2. The van der Waals surface area contributed by atoms with E-state index in [-0.39, 0.29) is 18.2 Å². The van der Waals surface area contributed by atoms with Crippen LogP contribution in [0.3, 0.4) is 0 Å². The number of rotatable bonds is 2. The zero-order valence-electron chi connectivity index (χ0n) is 14.6. The first kappa shape index (κ1) is 18.5. The molecule has 126 valence electrons. The van der Waals surface area contributed by atoms with Gasteiger partial charge in [0.15, 0.2) is 0 Å². The Hall–Kier alpha value is -1.59. The molecule has 2 amide bonds. The molecule has 0 unspecified atom stereocenters. The number of esters is 1. The molecule has 1 saturated heterocycles. The Morgan fingerprint density at radius 2 is 1.59 bits per heavy atom. The molecule has 2 atom stereocenters. The maximum atomic E-state index is 12.4. The molecule has 0 aromatic rings. The number of carbonyl (C=O) groups excluding carboxylic acids is 3. The molecule has 0 spiro atoms. The first-order chi connectivity index (χ1) is 9.85. The van der Waals surface area contributed by atoms with Gasteiger partial charge in [0.2, 0.25) is 5.91 Å². The number of amides is 2. The van der Waals surface area contributed by atoms with Gasteiger partial charge in [0, 0.05) is 5.92 Å². The van der Waals surface area contributed by atoms with Gasteiger partial charge in [-0.1, -0.05) is 6.92 Å². The minimum Gasteiger partial charge on any atom is -0.458 e. The molecular weight excluding hydrogens is 286 g/mol. The van der Waals surface area contributed by atoms with Gasteiger partial charge in [-0.2, -0.15) is 0 Å². The van der Waals surface area contributed by atoms with Crippen molar-refractivity contribution < 1.29 is 23.9 Å². The van der Waals surface area contributed by atoms with Crippen LogP contribution in [-0.2, 0) is 19.1 Å². The standard InChI is InChI=1S/C16H27NO5/c1-8-10-9-11(13(19)21-15(2,3)4)17(12(10)18)14(20)22-16(5,6)7/h10-11H,8-9H2,1-7H3/t10-,11+/m1/s1. The number of hydrogen-bond acceptors (Lipinski definition) is 5. The van der Waals surface area contributed by atoms with Crippen LogP contribution in [0, 0.1) is 5.92 Å². The first-order valence-corrected chi connectivity index (χ1v) is 7.64. The Labute approximate surface area is 132 Å². The van der Waals surface area contributed by atoms with Gasteiger partial charge in [-0.05, 0) is 54.4 Å². The lowest BCUT2D eigenvalue weighted by molar-refractivity contribution is -0.161. The molecule has 1 fully saturated rings. The average Bonchev–Trinajstić information content (AvgIpc) is 2.61. The second kappa shape index (κ2) is 6.26. The molecule has 0 bridgehead atoms. The normalized spacial score (nSPS) is 22.7. The van der Waals surface area contributed by atoms with Gasteiger partial charge >= 0.3 is 12.1 Å². The van der Waals surface area contributed by atoms with Crippen molar-refractivity contribution in [3.63, 3.8) is 0 Å². The van der Waals surface area contributed by atoms with E-state index in [9.17, 15) is 14.4 Å². The third-order valence-corrected chi connectivity index (χ3v) is 3.17. The van der Waals surface area contributed by atoms with Crippen molar-refractivity contribution in [2.45, 2.75) is 78.6 Å². The molecule has 0 N–H and O–H groups in total. The molecular formula is C16H27NO5. The Morgan fingerprint density at radius 3 is 2.00 bits per heavy atom. The van der Waals surface area contributed by atoms with E-state index in [0.717, 1.165) is 4.90 Å². The van der Waals surface area contributed by atoms with Crippen LogP contribution < -0.4 is 0 Å². The molecule has 1 aliphatic heterocycles. The van der Waals surface area contributed by atoms with Crippen molar-refractivity contribution >= 4 is 18.0 Å². The van der Waals surface area contributed by atoms with Crippen molar-refractivity contribution in [2.24, 2.45) is 5.92 Å². The van der Waals surface area contributed by atoms with Crippen molar-refractivity contribution in [3.8, 4) is 0 Å². The Balaban J connectivity index is 3.00. The summed E-state index contributed by atoms with van der Waals surface area (Å²) < 4.78 is 10.6. The number of nitrogens with zero attached hydrogens (tertiary/aromatic N) is 1. The summed E-state index contributed by atoms with van der Waals surface area (Å²) >= 11 is 0. The fraction of sp³-hybridized carbons (Fsp3) is 0.812. The van der Waals surface area contributed by atoms with Crippen molar-refractivity contribution in [1.29, 1.82) is 0 Å². The summed E-state index contributed by atoms with van der Waals surface area (Å²) in [6.07, 6.45) is 0.0605. The fourth-order valence-corrected chi connectivity index (χ4v) is 2.27. The topological polar surface area (TPSA) is 72.9 Å². The minimum atomic E-state index is -0.911. The van der Waals surface area contributed by atoms with Crippen LogP contribution in [0.1, 0.15) is 61.3 Å². The smallest absolute Gasteiger partial charge is 0.417 e. The van der Waals surface area contributed by atoms with Gasteiger partial charge in [-0.3, -0.25) is 4.79 Å². The van der Waals surface area contributed by atoms with E-state index in [2.05, 4.69) is 0 Å². The Bertz CT molecular complexity index is 458. The highest BCUT2D eigenvalue weighted by Gasteiger charge is 2.48. The molecule has 0 aromatic carbocycles. The van der Waals surface area contributed by atoms with Crippen LogP contribution in [0.2, 0.25) is 0 Å². The average molecular weight is 313 g/mol. The number of imide groups is 1. The predicted octanol–water partition coefficient (Wildman–Crippen LogP) is 2.89. The van der Waals surface area contributed by atoms with E-state index in [0.29, 0.717) is 6.42 Å². The van der Waals surface area contributed by atoms with Gasteiger partial charge in [0.05, 0.1) is 0 Å². The van der Waals surface area contributed by atoms with Crippen LogP contribution in [0.25, 0.3) is 0 Å². The largest absolute Gasteiger partial charge is 0.458 e. The number of hydrogen-bond donors (Lipinski definition) is 0. The van der Waals surface area contributed by atoms with E-state index in [1.54, 1.807) is 41.5 Å². The predicted molar refractivity (Wildman–Crippen MR) is 81.1 cm³/mol. The molecule has 6 nitrogen and oxygen atoms in total. The van der Waals surface area contributed by atoms with Crippen LogP contribution in [-0.4, -0.2) is 40.1 Å². The zero-order chi connectivity index (χ0) is 17.3. The summed E-state index contributed by atoms with van der Waals surface area (Å²) in [5.41, 5.74) is -1.41. The second-order valence-electron chi connectivity index (χ2n) is 7.58. The first-order valence-electron chi connectivity index (χ1n) is 7.64. The molecule has 0 radical (unpaired) electrons. The van der Waals surface area contributed by atoms with Crippen LogP contribution >= 0.6 is 0 Å². The lowest BCUT2D eigenvalue weighted by Crippen LogP contribution is -2.47. The van der Waals surface area contributed by atoms with Gasteiger partial charge in [0.25, 0.3) is 0 Å². The number of ether oxygens (including phenoxy) is 2. The SMILES string of the molecule is CC[C@@H]1C[C@@H](C(=O)OC(C)(C)C)N(C(=O)OC(C)(C)C)C1=O. The highest BCUT2D eigenvalue weighted by molar-refractivity contribution is 6.00. The third-order valence-electron chi connectivity index (χ3n) is 3.17. The van der Waals surface area contributed by atoms with Crippen LogP contribution in [0.5, 0.6) is 0 Å². The lowest BCUT2D eigenvalue weighted by atomic mass is 10.0. The van der Waals surface area contributed by atoms with E-state index in [1.807, 2.05) is 6.92 Å². The zero-order valence-corrected chi connectivity index (χ0v) is 14.6. The van der Waals surface area contributed by atoms with Crippen molar-refractivity contribution in [1.82, 2.24) is 4.90 Å². The van der Waals surface area contributed by atoms with Gasteiger partial charge < -0.3 is 9.47 Å². The monoisotopic (exact) mass is 313 g/mol. The quantitative estimate of drug-likeness (QED) is 0.733. The van der Waals surface area contributed by atoms with Crippen molar-refractivity contribution in [2.75, 3.05) is 0 Å². The maximum Gasteiger partial charge on any atom is 0.417 e. The summed E-state index contributed by atoms with van der Waals surface area (Å²) in [5.74, 6) is -1.29. The number of carbonyl (C=O) groups is 3. The van der Waals surface area contributed by atoms with Crippen molar-refractivity contribution in [3.05, 3.63) is 0 Å². The summed E-state index contributed by atoms with van der Waals surface area (Å²) in [4.78, 5) is 37.9. The van der Waals surface area contributed by atoms with E-state index in [4.69, 9.17) is 9.47 Å². The molecule has 1 rings (SSSR count). The van der Waals surface area contributed by atoms with Gasteiger partial charge in [0.1, 0.15) is 17.2 Å². The third kappa shape index (κ3) is 4.71. The minimum absolute atomic E-state index is 0.281. The summed E-state index contributed by atoms with van der Waals surface area (Å²) in [5, 5.41) is 0. The molecule has 1 heterocycles. The van der Waals surface area contributed by atoms with Crippen LogP contribution in [0.15, 0.2) is 0 Å². The molecule has 0 saturated carbocycles. The molecule has 6 heteroatoms. The molecule has 0 aromatic heterocycles. The highest BCUT2D eigenvalue weighted by Crippen LogP contribution is 2.30. The summed E-state index contributed by atoms with van der Waals surface area (Å²) in [6, 6.07) is -0.911. The van der Waals surface area contributed by atoms with Gasteiger partial charge in [-0.25, -0.2) is 14.5 Å². The van der Waals surface area contributed by atoms with Gasteiger partial charge in [-0.15, -0.1) is 0 Å². The second-order valence-corrected chi connectivity index (χ2v) is 7.58. The van der Waals surface area contributed by atoms with E-state index in [1.165, 1.54) is 0 Å². The molecule has 22 heavy (non-hydrogen) atoms. The fourth-order valence-electron chi connectivity index (χ4n) is 2.27.